The summed E-state index contributed by atoms with van der Waals surface area (Å²) in [5, 5.41) is 3.29. The summed E-state index contributed by atoms with van der Waals surface area (Å²) in [6.45, 7) is 8.52. The summed E-state index contributed by atoms with van der Waals surface area (Å²) in [5.41, 5.74) is 1.95. The molecule has 1 heterocycles. The van der Waals surface area contributed by atoms with E-state index in [0.29, 0.717) is 0 Å². The van der Waals surface area contributed by atoms with Crippen LogP contribution in [0, 0.1) is 6.92 Å². The van der Waals surface area contributed by atoms with E-state index in [1.807, 2.05) is 6.92 Å². The molecule has 0 aromatic carbocycles. The van der Waals surface area contributed by atoms with E-state index in [9.17, 15) is 0 Å². The van der Waals surface area contributed by atoms with Crippen molar-refractivity contribution >= 4 is 15.9 Å². The minimum absolute atomic E-state index is 0.193. The standard InChI is InChI=1S/C10H14BrN3/c1-7(11)6-14-9(3)10-8(2)12-4-5-13-10/h4-5,9,14H,1,6H2,2-3H3. The zero-order chi connectivity index (χ0) is 10.6. The van der Waals surface area contributed by atoms with Crippen molar-refractivity contribution in [1.82, 2.24) is 15.3 Å². The Morgan fingerprint density at radius 3 is 2.79 bits per heavy atom. The second-order valence-corrected chi connectivity index (χ2v) is 4.27. The van der Waals surface area contributed by atoms with E-state index >= 15 is 0 Å². The molecular weight excluding hydrogens is 242 g/mol. The van der Waals surface area contributed by atoms with E-state index in [1.54, 1.807) is 12.4 Å². The Bertz CT molecular complexity index is 325. The first kappa shape index (κ1) is 11.3. The van der Waals surface area contributed by atoms with Crippen LogP contribution in [-0.4, -0.2) is 16.5 Å². The average molecular weight is 256 g/mol. The van der Waals surface area contributed by atoms with Gasteiger partial charge in [0.1, 0.15) is 0 Å². The van der Waals surface area contributed by atoms with E-state index in [4.69, 9.17) is 0 Å². The van der Waals surface area contributed by atoms with Crippen molar-refractivity contribution in [2.45, 2.75) is 19.9 Å². The van der Waals surface area contributed by atoms with Gasteiger partial charge in [-0.15, -0.1) is 0 Å². The van der Waals surface area contributed by atoms with Crippen molar-refractivity contribution in [3.8, 4) is 0 Å². The number of nitrogens with zero attached hydrogens (tertiary/aromatic N) is 2. The van der Waals surface area contributed by atoms with Crippen molar-refractivity contribution in [1.29, 1.82) is 0 Å². The lowest BCUT2D eigenvalue weighted by Gasteiger charge is -2.13. The quantitative estimate of drug-likeness (QED) is 0.898. The van der Waals surface area contributed by atoms with Gasteiger partial charge in [-0.3, -0.25) is 9.97 Å². The fourth-order valence-corrected chi connectivity index (χ4v) is 1.37. The highest BCUT2D eigenvalue weighted by molar-refractivity contribution is 9.11. The summed E-state index contributed by atoms with van der Waals surface area (Å²) in [6.07, 6.45) is 3.42. The first-order chi connectivity index (χ1) is 6.61. The second-order valence-electron chi connectivity index (χ2n) is 3.15. The van der Waals surface area contributed by atoms with E-state index in [2.05, 4.69) is 44.7 Å². The van der Waals surface area contributed by atoms with Crippen LogP contribution in [0.3, 0.4) is 0 Å². The summed E-state index contributed by atoms with van der Waals surface area (Å²) in [4.78, 5) is 8.48. The number of aromatic nitrogens is 2. The fraction of sp³-hybridized carbons (Fsp3) is 0.400. The number of hydrogen-bond donors (Lipinski definition) is 1. The molecule has 0 spiro atoms. The van der Waals surface area contributed by atoms with Crippen LogP contribution in [-0.2, 0) is 0 Å². The highest BCUT2D eigenvalue weighted by atomic mass is 79.9. The molecular formula is C10H14BrN3. The molecule has 1 unspecified atom stereocenters. The predicted molar refractivity (Wildman–Crippen MR) is 61.3 cm³/mol. The van der Waals surface area contributed by atoms with Gasteiger partial charge >= 0.3 is 0 Å². The smallest absolute Gasteiger partial charge is 0.0782 e. The van der Waals surface area contributed by atoms with Crippen molar-refractivity contribution < 1.29 is 0 Å². The maximum atomic E-state index is 4.29. The third-order valence-electron chi connectivity index (χ3n) is 1.93. The van der Waals surface area contributed by atoms with Crippen LogP contribution in [0.2, 0.25) is 0 Å². The number of hydrogen-bond acceptors (Lipinski definition) is 3. The van der Waals surface area contributed by atoms with Crippen molar-refractivity contribution in [3.63, 3.8) is 0 Å². The lowest BCUT2D eigenvalue weighted by atomic mass is 10.2. The van der Waals surface area contributed by atoms with Gasteiger partial charge in [0.2, 0.25) is 0 Å². The van der Waals surface area contributed by atoms with Crippen LogP contribution in [0.25, 0.3) is 0 Å². The zero-order valence-corrected chi connectivity index (χ0v) is 10.0. The van der Waals surface area contributed by atoms with E-state index in [-0.39, 0.29) is 6.04 Å². The molecule has 1 atom stereocenters. The monoisotopic (exact) mass is 255 g/mol. The Labute approximate surface area is 92.8 Å². The molecule has 0 amide bonds. The van der Waals surface area contributed by atoms with Gasteiger partial charge in [-0.05, 0) is 13.8 Å². The molecule has 0 aliphatic heterocycles. The topological polar surface area (TPSA) is 37.8 Å². The van der Waals surface area contributed by atoms with Crippen LogP contribution in [0.5, 0.6) is 0 Å². The molecule has 76 valence electrons. The summed E-state index contributed by atoms with van der Waals surface area (Å²) < 4.78 is 0.936. The minimum Gasteiger partial charge on any atom is -0.304 e. The van der Waals surface area contributed by atoms with Gasteiger partial charge in [0.05, 0.1) is 11.4 Å². The molecule has 0 aliphatic carbocycles. The van der Waals surface area contributed by atoms with Gasteiger partial charge in [0.15, 0.2) is 0 Å². The van der Waals surface area contributed by atoms with Crippen LogP contribution < -0.4 is 5.32 Å². The molecule has 4 heteroatoms. The number of rotatable bonds is 4. The second kappa shape index (κ2) is 5.22. The average Bonchev–Trinajstić information content (AvgIpc) is 2.15. The Hall–Kier alpha value is -0.740. The number of nitrogens with one attached hydrogen (secondary N) is 1. The van der Waals surface area contributed by atoms with Crippen LogP contribution in [0.4, 0.5) is 0 Å². The third kappa shape index (κ3) is 3.20. The normalized spacial score (nSPS) is 12.5. The van der Waals surface area contributed by atoms with Gasteiger partial charge in [0, 0.05) is 29.5 Å². The molecule has 0 fully saturated rings. The molecule has 1 aromatic rings. The van der Waals surface area contributed by atoms with Gasteiger partial charge in [-0.2, -0.15) is 0 Å². The van der Waals surface area contributed by atoms with Gasteiger partial charge in [-0.1, -0.05) is 22.5 Å². The molecule has 3 nitrogen and oxygen atoms in total. The maximum Gasteiger partial charge on any atom is 0.0782 e. The predicted octanol–water partition coefficient (Wildman–Crippen LogP) is 2.34. The molecule has 1 rings (SSSR count). The minimum atomic E-state index is 0.193. The molecule has 0 radical (unpaired) electrons. The van der Waals surface area contributed by atoms with Crippen LogP contribution in [0.15, 0.2) is 23.5 Å². The van der Waals surface area contributed by atoms with Crippen LogP contribution >= 0.6 is 15.9 Å². The Morgan fingerprint density at radius 1 is 1.57 bits per heavy atom. The molecule has 0 saturated carbocycles. The van der Waals surface area contributed by atoms with Crippen molar-refractivity contribution in [3.05, 3.63) is 34.8 Å². The van der Waals surface area contributed by atoms with Gasteiger partial charge in [-0.25, -0.2) is 0 Å². The molecule has 0 bridgehead atoms. The first-order valence-electron chi connectivity index (χ1n) is 4.45. The number of halogens is 1. The van der Waals surface area contributed by atoms with Crippen molar-refractivity contribution in [2.75, 3.05) is 6.54 Å². The summed E-state index contributed by atoms with van der Waals surface area (Å²) in [6, 6.07) is 0.193. The highest BCUT2D eigenvalue weighted by Crippen LogP contribution is 2.12. The third-order valence-corrected chi connectivity index (χ3v) is 2.21. The molecule has 14 heavy (non-hydrogen) atoms. The summed E-state index contributed by atoms with van der Waals surface area (Å²) in [7, 11) is 0. The molecule has 1 N–H and O–H groups in total. The maximum absolute atomic E-state index is 4.29. The van der Waals surface area contributed by atoms with Gasteiger partial charge in [0.25, 0.3) is 0 Å². The Balaban J connectivity index is 2.65. The highest BCUT2D eigenvalue weighted by Gasteiger charge is 2.09. The number of aryl methyl sites for hydroxylation is 1. The fourth-order valence-electron chi connectivity index (χ4n) is 1.20. The lowest BCUT2D eigenvalue weighted by Crippen LogP contribution is -2.21. The van der Waals surface area contributed by atoms with E-state index in [1.165, 1.54) is 0 Å². The summed E-state index contributed by atoms with van der Waals surface area (Å²) in [5.74, 6) is 0. The van der Waals surface area contributed by atoms with E-state index < -0.39 is 0 Å². The van der Waals surface area contributed by atoms with Gasteiger partial charge < -0.3 is 5.32 Å². The SMILES string of the molecule is C=C(Br)CNC(C)c1nccnc1C. The Morgan fingerprint density at radius 2 is 2.21 bits per heavy atom. The Kier molecular flexibility index (Phi) is 4.22. The molecule has 1 aromatic heterocycles. The van der Waals surface area contributed by atoms with Crippen LogP contribution in [0.1, 0.15) is 24.4 Å². The molecule has 0 aliphatic rings. The van der Waals surface area contributed by atoms with Crippen molar-refractivity contribution in [2.24, 2.45) is 0 Å². The zero-order valence-electron chi connectivity index (χ0n) is 8.42. The summed E-state index contributed by atoms with van der Waals surface area (Å²) >= 11 is 3.30. The first-order valence-corrected chi connectivity index (χ1v) is 5.24. The lowest BCUT2D eigenvalue weighted by molar-refractivity contribution is 0.592. The van der Waals surface area contributed by atoms with E-state index in [0.717, 1.165) is 22.4 Å². The largest absolute Gasteiger partial charge is 0.304 e. The molecule has 0 saturated heterocycles.